The van der Waals surface area contributed by atoms with Gasteiger partial charge < -0.3 is 10.1 Å². The highest BCUT2D eigenvalue weighted by atomic mass is 16.5. The van der Waals surface area contributed by atoms with E-state index in [1.54, 1.807) is 7.11 Å². The van der Waals surface area contributed by atoms with Crippen molar-refractivity contribution in [1.82, 2.24) is 5.32 Å². The fraction of sp³-hybridized carbons (Fsp3) is 0.900. The zero-order chi connectivity index (χ0) is 10.2. The normalized spacial score (nSPS) is 11.2. The number of rotatable bonds is 7. The van der Waals surface area contributed by atoms with Crippen LogP contribution in [0.2, 0.25) is 0 Å². The van der Waals surface area contributed by atoms with E-state index in [1.165, 1.54) is 0 Å². The molecule has 0 aliphatic rings. The first-order chi connectivity index (χ1) is 6.12. The van der Waals surface area contributed by atoms with Gasteiger partial charge in [0, 0.05) is 13.7 Å². The number of nitrogens with one attached hydrogen (secondary N) is 1. The number of hydrogen-bond acceptors (Lipinski definition) is 3. The van der Waals surface area contributed by atoms with Crippen molar-refractivity contribution in [2.75, 3.05) is 26.8 Å². The Balaban J connectivity index is 3.22. The van der Waals surface area contributed by atoms with Crippen LogP contribution in [0.4, 0.5) is 0 Å². The zero-order valence-electron chi connectivity index (χ0n) is 8.89. The molecule has 0 atom stereocenters. The van der Waals surface area contributed by atoms with E-state index in [-0.39, 0.29) is 5.41 Å². The zero-order valence-corrected chi connectivity index (χ0v) is 8.89. The second kappa shape index (κ2) is 6.88. The molecule has 0 aliphatic carbocycles. The van der Waals surface area contributed by atoms with E-state index < -0.39 is 0 Å². The van der Waals surface area contributed by atoms with Gasteiger partial charge in [-0.15, -0.1) is 0 Å². The standard InChI is InChI=1S/C10H20N2O/c1-10(2,9-11)5-7-12-6-4-8-13-3/h12H,4-8H2,1-3H3. The molecule has 0 spiro atoms. The third kappa shape index (κ3) is 7.76. The maximum Gasteiger partial charge on any atom is 0.0684 e. The van der Waals surface area contributed by atoms with E-state index >= 15 is 0 Å². The minimum absolute atomic E-state index is 0.200. The van der Waals surface area contributed by atoms with Gasteiger partial charge in [0.2, 0.25) is 0 Å². The lowest BCUT2D eigenvalue weighted by molar-refractivity contribution is 0.194. The van der Waals surface area contributed by atoms with E-state index in [0.717, 1.165) is 32.5 Å². The van der Waals surface area contributed by atoms with Crippen LogP contribution < -0.4 is 5.32 Å². The minimum atomic E-state index is -0.200. The second-order valence-corrected chi connectivity index (χ2v) is 3.84. The van der Waals surface area contributed by atoms with Gasteiger partial charge in [0.15, 0.2) is 0 Å². The van der Waals surface area contributed by atoms with Crippen molar-refractivity contribution in [2.24, 2.45) is 5.41 Å². The highest BCUT2D eigenvalue weighted by Gasteiger charge is 2.14. The molecule has 0 aliphatic heterocycles. The summed E-state index contributed by atoms with van der Waals surface area (Å²) in [6, 6.07) is 2.28. The van der Waals surface area contributed by atoms with Gasteiger partial charge in [-0.05, 0) is 39.8 Å². The Labute approximate surface area is 81.1 Å². The van der Waals surface area contributed by atoms with Crippen LogP contribution >= 0.6 is 0 Å². The molecule has 0 aromatic carbocycles. The molecule has 0 saturated carbocycles. The molecule has 0 amide bonds. The summed E-state index contributed by atoms with van der Waals surface area (Å²) in [5, 5.41) is 12.0. The highest BCUT2D eigenvalue weighted by molar-refractivity contribution is 4.91. The SMILES string of the molecule is COCCCNCCC(C)(C)C#N. The smallest absolute Gasteiger partial charge is 0.0684 e. The molecule has 0 aromatic rings. The van der Waals surface area contributed by atoms with Gasteiger partial charge in [0.25, 0.3) is 0 Å². The van der Waals surface area contributed by atoms with E-state index in [9.17, 15) is 0 Å². The summed E-state index contributed by atoms with van der Waals surface area (Å²) in [6.07, 6.45) is 1.93. The third-order valence-corrected chi connectivity index (χ3v) is 1.93. The molecule has 0 fully saturated rings. The lowest BCUT2D eigenvalue weighted by atomic mass is 9.91. The van der Waals surface area contributed by atoms with Gasteiger partial charge in [-0.1, -0.05) is 0 Å². The van der Waals surface area contributed by atoms with Crippen LogP contribution in [0.15, 0.2) is 0 Å². The van der Waals surface area contributed by atoms with Crippen LogP contribution in [0.25, 0.3) is 0 Å². The Hall–Kier alpha value is -0.590. The Morgan fingerprint density at radius 3 is 2.62 bits per heavy atom. The summed E-state index contributed by atoms with van der Waals surface area (Å²) in [5.74, 6) is 0. The molecule has 0 radical (unpaired) electrons. The topological polar surface area (TPSA) is 45.0 Å². The summed E-state index contributed by atoms with van der Waals surface area (Å²) in [4.78, 5) is 0. The predicted octanol–water partition coefficient (Wildman–Crippen LogP) is 1.55. The molecule has 3 heteroatoms. The molecule has 1 N–H and O–H groups in total. The first kappa shape index (κ1) is 12.4. The van der Waals surface area contributed by atoms with Gasteiger partial charge in [-0.25, -0.2) is 0 Å². The highest BCUT2D eigenvalue weighted by Crippen LogP contribution is 2.16. The molecule has 76 valence electrons. The van der Waals surface area contributed by atoms with Crippen LogP contribution in [0.5, 0.6) is 0 Å². The molecule has 13 heavy (non-hydrogen) atoms. The number of hydrogen-bond donors (Lipinski definition) is 1. The molecular formula is C10H20N2O. The van der Waals surface area contributed by atoms with E-state index in [2.05, 4.69) is 11.4 Å². The van der Waals surface area contributed by atoms with Crippen LogP contribution in [0, 0.1) is 16.7 Å². The molecule has 0 bridgehead atoms. The lowest BCUT2D eigenvalue weighted by Crippen LogP contribution is -2.22. The second-order valence-electron chi connectivity index (χ2n) is 3.84. The van der Waals surface area contributed by atoms with Crippen molar-refractivity contribution in [2.45, 2.75) is 26.7 Å². The summed E-state index contributed by atoms with van der Waals surface area (Å²) in [5.41, 5.74) is -0.200. The molecule has 0 aromatic heterocycles. The quantitative estimate of drug-likeness (QED) is 0.611. The van der Waals surface area contributed by atoms with Gasteiger partial charge in [0.1, 0.15) is 0 Å². The van der Waals surface area contributed by atoms with Crippen LogP contribution in [0.3, 0.4) is 0 Å². The number of methoxy groups -OCH3 is 1. The average molecular weight is 184 g/mol. The summed E-state index contributed by atoms with van der Waals surface area (Å²) < 4.78 is 4.92. The fourth-order valence-electron chi connectivity index (χ4n) is 0.923. The molecule has 0 heterocycles. The number of nitrogens with zero attached hydrogens (tertiary/aromatic N) is 1. The van der Waals surface area contributed by atoms with Crippen molar-refractivity contribution >= 4 is 0 Å². The maximum absolute atomic E-state index is 8.74. The largest absolute Gasteiger partial charge is 0.385 e. The summed E-state index contributed by atoms with van der Waals surface area (Å²) in [6.45, 7) is 6.60. The van der Waals surface area contributed by atoms with E-state index in [1.807, 2.05) is 13.8 Å². The predicted molar refractivity (Wildman–Crippen MR) is 53.4 cm³/mol. The van der Waals surface area contributed by atoms with E-state index in [0.29, 0.717) is 0 Å². The number of nitriles is 1. The first-order valence-electron chi connectivity index (χ1n) is 4.73. The third-order valence-electron chi connectivity index (χ3n) is 1.93. The van der Waals surface area contributed by atoms with Gasteiger partial charge >= 0.3 is 0 Å². The Morgan fingerprint density at radius 1 is 1.38 bits per heavy atom. The molecular weight excluding hydrogens is 164 g/mol. The first-order valence-corrected chi connectivity index (χ1v) is 4.73. The van der Waals surface area contributed by atoms with Crippen molar-refractivity contribution in [3.05, 3.63) is 0 Å². The average Bonchev–Trinajstić information content (AvgIpc) is 2.11. The number of ether oxygens (including phenoxy) is 1. The Bertz CT molecular complexity index is 161. The minimum Gasteiger partial charge on any atom is -0.385 e. The maximum atomic E-state index is 8.74. The van der Waals surface area contributed by atoms with Crippen LogP contribution in [0.1, 0.15) is 26.7 Å². The Kier molecular flexibility index (Phi) is 6.56. The van der Waals surface area contributed by atoms with E-state index in [4.69, 9.17) is 10.00 Å². The van der Waals surface area contributed by atoms with Gasteiger partial charge in [-0.2, -0.15) is 5.26 Å². The van der Waals surface area contributed by atoms with Crippen LogP contribution in [-0.4, -0.2) is 26.8 Å². The molecule has 0 saturated heterocycles. The summed E-state index contributed by atoms with van der Waals surface area (Å²) >= 11 is 0. The van der Waals surface area contributed by atoms with Crippen molar-refractivity contribution in [3.63, 3.8) is 0 Å². The van der Waals surface area contributed by atoms with Crippen molar-refractivity contribution in [3.8, 4) is 6.07 Å². The summed E-state index contributed by atoms with van der Waals surface area (Å²) in [7, 11) is 1.71. The van der Waals surface area contributed by atoms with Gasteiger partial charge in [0.05, 0.1) is 11.5 Å². The molecule has 3 nitrogen and oxygen atoms in total. The van der Waals surface area contributed by atoms with Gasteiger partial charge in [-0.3, -0.25) is 0 Å². The molecule has 0 rings (SSSR count). The Morgan fingerprint density at radius 2 is 2.08 bits per heavy atom. The van der Waals surface area contributed by atoms with Crippen LogP contribution in [-0.2, 0) is 4.74 Å². The fourth-order valence-corrected chi connectivity index (χ4v) is 0.923. The monoisotopic (exact) mass is 184 g/mol. The van der Waals surface area contributed by atoms with Crippen molar-refractivity contribution < 1.29 is 4.74 Å². The molecule has 0 unspecified atom stereocenters. The lowest BCUT2D eigenvalue weighted by Gasteiger charge is -2.14. The van der Waals surface area contributed by atoms with Crippen molar-refractivity contribution in [1.29, 1.82) is 5.26 Å².